The summed E-state index contributed by atoms with van der Waals surface area (Å²) in [6.07, 6.45) is 1.89. The Morgan fingerprint density at radius 2 is 2.00 bits per heavy atom. The number of aryl methyl sites for hydroxylation is 1. The minimum atomic E-state index is -0.131. The highest BCUT2D eigenvalue weighted by Gasteiger charge is 2.23. The van der Waals surface area contributed by atoms with Crippen molar-refractivity contribution in [3.63, 3.8) is 0 Å². The highest BCUT2D eigenvalue weighted by molar-refractivity contribution is 5.74. The highest BCUT2D eigenvalue weighted by Crippen LogP contribution is 2.32. The van der Waals surface area contributed by atoms with Crippen LogP contribution >= 0.6 is 0 Å². The molecule has 0 fully saturated rings. The molecule has 1 aliphatic carbocycles. The summed E-state index contributed by atoms with van der Waals surface area (Å²) in [5.74, 6) is 0. The Bertz CT molecular complexity index is 640. The smallest absolute Gasteiger partial charge is 0.315 e. The Morgan fingerprint density at radius 1 is 1.19 bits per heavy atom. The summed E-state index contributed by atoms with van der Waals surface area (Å²) in [7, 11) is 0. The zero-order valence-electron chi connectivity index (χ0n) is 11.8. The van der Waals surface area contributed by atoms with E-state index in [0.717, 1.165) is 24.1 Å². The molecule has 0 aromatic heterocycles. The van der Waals surface area contributed by atoms with Gasteiger partial charge in [-0.05, 0) is 41.7 Å². The number of nitrogens with two attached hydrogens (primary N) is 1. The minimum absolute atomic E-state index is 0.0800. The average Bonchev–Trinajstić information content (AvgIpc) is 2.88. The highest BCUT2D eigenvalue weighted by atomic mass is 16.2. The van der Waals surface area contributed by atoms with Crippen LogP contribution in [0.3, 0.4) is 0 Å². The van der Waals surface area contributed by atoms with Gasteiger partial charge in [0.2, 0.25) is 0 Å². The standard InChI is InChI=1S/C17H19N3O/c18-14-7-8-15-13(10-14)6-9-16(15)20-17(21)19-11-12-4-2-1-3-5-12/h1-5,7-8,10,16H,6,9,11,18H2,(H2,19,20,21). The summed E-state index contributed by atoms with van der Waals surface area (Å²) in [5.41, 5.74) is 10.1. The van der Waals surface area contributed by atoms with E-state index >= 15 is 0 Å². The van der Waals surface area contributed by atoms with Gasteiger partial charge in [-0.2, -0.15) is 0 Å². The first-order chi connectivity index (χ1) is 10.2. The summed E-state index contributed by atoms with van der Waals surface area (Å²) in [6.45, 7) is 0.536. The third-order valence-corrected chi connectivity index (χ3v) is 3.85. The molecule has 2 amide bonds. The molecule has 0 saturated carbocycles. The molecule has 1 unspecified atom stereocenters. The van der Waals surface area contributed by atoms with Crippen LogP contribution in [-0.4, -0.2) is 6.03 Å². The fraction of sp³-hybridized carbons (Fsp3) is 0.235. The van der Waals surface area contributed by atoms with E-state index in [9.17, 15) is 4.79 Å². The van der Waals surface area contributed by atoms with Crippen molar-refractivity contribution in [1.29, 1.82) is 0 Å². The van der Waals surface area contributed by atoms with Gasteiger partial charge in [0, 0.05) is 12.2 Å². The number of amides is 2. The molecule has 3 rings (SSSR count). The van der Waals surface area contributed by atoms with Crippen molar-refractivity contribution >= 4 is 11.7 Å². The van der Waals surface area contributed by atoms with Crippen LogP contribution < -0.4 is 16.4 Å². The van der Waals surface area contributed by atoms with Crippen LogP contribution in [0.2, 0.25) is 0 Å². The van der Waals surface area contributed by atoms with E-state index in [4.69, 9.17) is 5.73 Å². The number of urea groups is 1. The van der Waals surface area contributed by atoms with Crippen LogP contribution in [0, 0.1) is 0 Å². The quantitative estimate of drug-likeness (QED) is 0.757. The van der Waals surface area contributed by atoms with Crippen LogP contribution in [0.25, 0.3) is 0 Å². The van der Waals surface area contributed by atoms with Crippen LogP contribution in [0.15, 0.2) is 48.5 Å². The first-order valence-corrected chi connectivity index (χ1v) is 7.19. The number of nitrogens with one attached hydrogen (secondary N) is 2. The molecule has 0 radical (unpaired) electrons. The van der Waals surface area contributed by atoms with Crippen LogP contribution in [-0.2, 0) is 13.0 Å². The number of hydrogen-bond donors (Lipinski definition) is 3. The van der Waals surface area contributed by atoms with Gasteiger partial charge >= 0.3 is 6.03 Å². The topological polar surface area (TPSA) is 67.1 Å². The van der Waals surface area contributed by atoms with E-state index in [2.05, 4.69) is 10.6 Å². The van der Waals surface area contributed by atoms with Crippen molar-refractivity contribution in [3.8, 4) is 0 Å². The van der Waals surface area contributed by atoms with Gasteiger partial charge in [-0.1, -0.05) is 36.4 Å². The zero-order valence-corrected chi connectivity index (χ0v) is 11.8. The monoisotopic (exact) mass is 281 g/mol. The minimum Gasteiger partial charge on any atom is -0.399 e. The van der Waals surface area contributed by atoms with Crippen LogP contribution in [0.4, 0.5) is 10.5 Å². The van der Waals surface area contributed by atoms with Gasteiger partial charge < -0.3 is 16.4 Å². The second-order valence-corrected chi connectivity index (χ2v) is 5.36. The molecular weight excluding hydrogens is 262 g/mol. The lowest BCUT2D eigenvalue weighted by molar-refractivity contribution is 0.236. The summed E-state index contributed by atoms with van der Waals surface area (Å²) in [5, 5.41) is 5.93. The molecule has 1 aliphatic rings. The molecule has 4 nitrogen and oxygen atoms in total. The fourth-order valence-electron chi connectivity index (χ4n) is 2.77. The normalized spacial score (nSPS) is 16.3. The molecule has 4 N–H and O–H groups in total. The van der Waals surface area contributed by atoms with Crippen molar-refractivity contribution in [2.75, 3.05) is 5.73 Å². The summed E-state index contributed by atoms with van der Waals surface area (Å²) < 4.78 is 0. The third-order valence-electron chi connectivity index (χ3n) is 3.85. The van der Waals surface area contributed by atoms with Gasteiger partial charge in [-0.15, -0.1) is 0 Å². The maximum atomic E-state index is 12.0. The van der Waals surface area contributed by atoms with E-state index in [1.165, 1.54) is 11.1 Å². The number of hydrogen-bond acceptors (Lipinski definition) is 2. The molecule has 108 valence electrons. The number of rotatable bonds is 3. The van der Waals surface area contributed by atoms with E-state index < -0.39 is 0 Å². The molecular formula is C17H19N3O. The summed E-state index contributed by atoms with van der Waals surface area (Å²) in [4.78, 5) is 12.0. The molecule has 0 bridgehead atoms. The first kappa shape index (κ1) is 13.5. The van der Waals surface area contributed by atoms with Crippen molar-refractivity contribution in [2.45, 2.75) is 25.4 Å². The third kappa shape index (κ3) is 3.16. The predicted molar refractivity (Wildman–Crippen MR) is 83.7 cm³/mol. The van der Waals surface area contributed by atoms with E-state index in [-0.39, 0.29) is 12.1 Å². The van der Waals surface area contributed by atoms with Crippen molar-refractivity contribution in [2.24, 2.45) is 0 Å². The molecule has 0 spiro atoms. The number of carbonyl (C=O) groups excluding carboxylic acids is 1. The maximum absolute atomic E-state index is 12.0. The maximum Gasteiger partial charge on any atom is 0.315 e. The fourth-order valence-corrected chi connectivity index (χ4v) is 2.77. The van der Waals surface area contributed by atoms with Crippen molar-refractivity contribution < 1.29 is 4.79 Å². The Labute approximate surface area is 124 Å². The van der Waals surface area contributed by atoms with Crippen molar-refractivity contribution in [3.05, 3.63) is 65.2 Å². The predicted octanol–water partition coefficient (Wildman–Crippen LogP) is 2.76. The van der Waals surface area contributed by atoms with Gasteiger partial charge in [-0.3, -0.25) is 0 Å². The molecule has 2 aromatic carbocycles. The lowest BCUT2D eigenvalue weighted by atomic mass is 10.1. The number of nitrogen functional groups attached to an aromatic ring is 1. The van der Waals surface area contributed by atoms with Gasteiger partial charge in [0.1, 0.15) is 0 Å². The lowest BCUT2D eigenvalue weighted by Gasteiger charge is -2.15. The number of benzene rings is 2. The van der Waals surface area contributed by atoms with E-state index in [0.29, 0.717) is 6.54 Å². The summed E-state index contributed by atoms with van der Waals surface area (Å²) >= 11 is 0. The number of fused-ring (bicyclic) bond motifs is 1. The van der Waals surface area contributed by atoms with Crippen LogP contribution in [0.5, 0.6) is 0 Å². The second-order valence-electron chi connectivity index (χ2n) is 5.36. The average molecular weight is 281 g/mol. The first-order valence-electron chi connectivity index (χ1n) is 7.19. The molecule has 0 aliphatic heterocycles. The lowest BCUT2D eigenvalue weighted by Crippen LogP contribution is -2.36. The van der Waals surface area contributed by atoms with Crippen molar-refractivity contribution in [1.82, 2.24) is 10.6 Å². The molecule has 21 heavy (non-hydrogen) atoms. The summed E-state index contributed by atoms with van der Waals surface area (Å²) in [6, 6.07) is 15.7. The second kappa shape index (κ2) is 5.87. The van der Waals surface area contributed by atoms with Gasteiger partial charge in [0.05, 0.1) is 6.04 Å². The van der Waals surface area contributed by atoms with Gasteiger partial charge in [0.15, 0.2) is 0 Å². The molecule has 4 heteroatoms. The van der Waals surface area contributed by atoms with Gasteiger partial charge in [0.25, 0.3) is 0 Å². The number of carbonyl (C=O) groups is 1. The van der Waals surface area contributed by atoms with E-state index in [1.807, 2.05) is 48.5 Å². The molecule has 1 atom stereocenters. The Balaban J connectivity index is 1.57. The Hall–Kier alpha value is -2.49. The molecule has 0 heterocycles. The molecule has 0 saturated heterocycles. The van der Waals surface area contributed by atoms with Crippen LogP contribution in [0.1, 0.15) is 29.2 Å². The van der Waals surface area contributed by atoms with E-state index in [1.54, 1.807) is 0 Å². The Kier molecular flexibility index (Phi) is 3.77. The zero-order chi connectivity index (χ0) is 14.7. The SMILES string of the molecule is Nc1ccc2c(c1)CCC2NC(=O)NCc1ccccc1. The molecule has 2 aromatic rings. The Morgan fingerprint density at radius 3 is 2.81 bits per heavy atom. The number of anilines is 1. The largest absolute Gasteiger partial charge is 0.399 e. The van der Waals surface area contributed by atoms with Gasteiger partial charge in [-0.25, -0.2) is 4.79 Å².